The normalized spacial score (nSPS) is 10.6. The van der Waals surface area contributed by atoms with E-state index in [1.54, 1.807) is 11.3 Å². The minimum atomic E-state index is 0. The summed E-state index contributed by atoms with van der Waals surface area (Å²) in [6.07, 6.45) is 2.20. The van der Waals surface area contributed by atoms with Crippen molar-refractivity contribution in [2.75, 3.05) is 0 Å². The summed E-state index contributed by atoms with van der Waals surface area (Å²) in [5.74, 6) is 0.983. The summed E-state index contributed by atoms with van der Waals surface area (Å²) < 4.78 is 2.22. The summed E-state index contributed by atoms with van der Waals surface area (Å²) in [7, 11) is 0. The highest BCUT2D eigenvalue weighted by molar-refractivity contribution is 7.98. The van der Waals surface area contributed by atoms with Crippen LogP contribution in [0.25, 0.3) is 4.96 Å². The van der Waals surface area contributed by atoms with Gasteiger partial charge < -0.3 is 17.0 Å². The maximum atomic E-state index is 3.46. The fraction of sp³-hybridized carbons (Fsp3) is 0.214. The standard InChI is InChI=1S/C14H14N2S2.BrH/c1-10-3-5-13(6-4-10)17-9-12-7-16-11(2)8-18-14(16)15-12;/h3-8H,9H2,1-2H3;1H. The molecule has 3 rings (SSSR count). The van der Waals surface area contributed by atoms with Crippen LogP contribution >= 0.6 is 23.1 Å². The Balaban J connectivity index is 0.00000133. The van der Waals surface area contributed by atoms with Crippen molar-refractivity contribution < 1.29 is 21.4 Å². The second-order valence-electron chi connectivity index (χ2n) is 4.43. The molecular weight excluding hydrogens is 340 g/mol. The molecule has 2 heterocycles. The van der Waals surface area contributed by atoms with E-state index in [1.807, 2.05) is 11.8 Å². The summed E-state index contributed by atoms with van der Waals surface area (Å²) >= 11 is 3.62. The van der Waals surface area contributed by atoms with Gasteiger partial charge in [-0.15, -0.1) is 11.8 Å². The van der Waals surface area contributed by atoms with Crippen LogP contribution in [0.3, 0.4) is 0 Å². The molecule has 1 N–H and O–H groups in total. The van der Waals surface area contributed by atoms with Gasteiger partial charge in [-0.3, -0.25) is 0 Å². The molecule has 3 aromatic rings. The summed E-state index contributed by atoms with van der Waals surface area (Å²) in [5, 5.41) is 2.17. The van der Waals surface area contributed by atoms with Gasteiger partial charge in [0.05, 0.1) is 5.75 Å². The molecule has 0 saturated carbocycles. The third kappa shape index (κ3) is 3.22. The number of imidazole rings is 1. The highest BCUT2D eigenvalue weighted by Crippen LogP contribution is 2.22. The summed E-state index contributed by atoms with van der Waals surface area (Å²) in [6, 6.07) is 8.69. The minimum absolute atomic E-state index is 0. The van der Waals surface area contributed by atoms with Crippen LogP contribution in [0.15, 0.2) is 40.7 Å². The van der Waals surface area contributed by atoms with Crippen molar-refractivity contribution in [2.24, 2.45) is 0 Å². The SMILES string of the molecule is Cc1ccc(SCc2c[n+]3c(C)csc3[nH]2)cc1.[Br-]. The van der Waals surface area contributed by atoms with Gasteiger partial charge in [-0.25, -0.2) is 4.98 Å². The van der Waals surface area contributed by atoms with Crippen LogP contribution in [0.5, 0.6) is 0 Å². The van der Waals surface area contributed by atoms with E-state index in [0.29, 0.717) is 0 Å². The van der Waals surface area contributed by atoms with Crippen molar-refractivity contribution in [3.05, 3.63) is 52.8 Å². The smallest absolute Gasteiger partial charge is 0.343 e. The number of aromatic amines is 1. The monoisotopic (exact) mass is 354 g/mol. The number of halogens is 1. The number of aromatic nitrogens is 2. The highest BCUT2D eigenvalue weighted by Gasteiger charge is 2.12. The van der Waals surface area contributed by atoms with Gasteiger partial charge in [0.2, 0.25) is 0 Å². The van der Waals surface area contributed by atoms with Crippen LogP contribution in [0.2, 0.25) is 0 Å². The quantitative estimate of drug-likeness (QED) is 0.542. The number of hydrogen-bond donors (Lipinski definition) is 1. The van der Waals surface area contributed by atoms with Crippen LogP contribution in [-0.4, -0.2) is 4.98 Å². The number of nitrogens with one attached hydrogen (secondary N) is 1. The average Bonchev–Trinajstić information content (AvgIpc) is 2.91. The molecule has 0 aliphatic heterocycles. The Kier molecular flexibility index (Phi) is 4.71. The number of thiazole rings is 1. The number of aryl methyl sites for hydroxylation is 2. The summed E-state index contributed by atoms with van der Waals surface area (Å²) in [6.45, 7) is 4.25. The first kappa shape index (κ1) is 14.6. The number of fused-ring (bicyclic) bond motifs is 1. The molecule has 0 saturated heterocycles. The van der Waals surface area contributed by atoms with Crippen LogP contribution in [0, 0.1) is 13.8 Å². The van der Waals surface area contributed by atoms with Gasteiger partial charge in [0.25, 0.3) is 0 Å². The average molecular weight is 355 g/mol. The Labute approximate surface area is 131 Å². The largest absolute Gasteiger partial charge is 1.00 e. The fourth-order valence-electron chi connectivity index (χ4n) is 1.86. The zero-order chi connectivity index (χ0) is 12.5. The Morgan fingerprint density at radius 3 is 2.63 bits per heavy atom. The van der Waals surface area contributed by atoms with Gasteiger partial charge in [0.1, 0.15) is 11.9 Å². The lowest BCUT2D eigenvalue weighted by Crippen LogP contribution is -3.00. The van der Waals surface area contributed by atoms with Crippen molar-refractivity contribution in [3.63, 3.8) is 0 Å². The molecule has 0 aliphatic rings. The fourth-order valence-corrected chi connectivity index (χ4v) is 3.55. The van der Waals surface area contributed by atoms with Crippen LogP contribution in [0.1, 0.15) is 17.0 Å². The van der Waals surface area contributed by atoms with Gasteiger partial charge in [-0.2, -0.15) is 4.40 Å². The van der Waals surface area contributed by atoms with E-state index in [4.69, 9.17) is 0 Å². The number of rotatable bonds is 3. The Bertz CT molecular complexity index is 670. The number of nitrogens with zero attached hydrogens (tertiary/aromatic N) is 1. The maximum absolute atomic E-state index is 3.46. The van der Waals surface area contributed by atoms with Crippen LogP contribution in [-0.2, 0) is 5.75 Å². The van der Waals surface area contributed by atoms with E-state index in [2.05, 4.69) is 59.1 Å². The van der Waals surface area contributed by atoms with Gasteiger partial charge in [-0.05, 0) is 26.0 Å². The predicted octanol–water partition coefficient (Wildman–Crippen LogP) is 0.728. The summed E-state index contributed by atoms with van der Waals surface area (Å²) in [5.41, 5.74) is 3.87. The molecule has 2 nitrogen and oxygen atoms in total. The third-order valence-corrected chi connectivity index (χ3v) is 4.95. The van der Waals surface area contributed by atoms with Crippen molar-refractivity contribution in [1.82, 2.24) is 4.98 Å². The van der Waals surface area contributed by atoms with Gasteiger partial charge in [0.15, 0.2) is 5.69 Å². The molecule has 0 spiro atoms. The molecule has 0 aliphatic carbocycles. The van der Waals surface area contributed by atoms with Gasteiger partial charge >= 0.3 is 4.96 Å². The van der Waals surface area contributed by atoms with Crippen molar-refractivity contribution in [3.8, 4) is 0 Å². The predicted molar refractivity (Wildman–Crippen MR) is 77.3 cm³/mol. The molecule has 5 heteroatoms. The van der Waals surface area contributed by atoms with Gasteiger partial charge in [0, 0.05) is 10.3 Å². The van der Waals surface area contributed by atoms with E-state index in [0.717, 1.165) is 5.75 Å². The molecule has 0 amide bonds. The Morgan fingerprint density at radius 2 is 1.95 bits per heavy atom. The lowest BCUT2D eigenvalue weighted by atomic mass is 10.2. The number of benzene rings is 1. The zero-order valence-electron chi connectivity index (χ0n) is 10.8. The topological polar surface area (TPSA) is 19.9 Å². The molecule has 1 aromatic carbocycles. The number of H-pyrrole nitrogens is 1. The maximum Gasteiger partial charge on any atom is 0.343 e. The number of thioether (sulfide) groups is 1. The lowest BCUT2D eigenvalue weighted by molar-refractivity contribution is -0.513. The first-order valence-corrected chi connectivity index (χ1v) is 7.76. The molecule has 0 fully saturated rings. The molecule has 0 atom stereocenters. The number of hydrogen-bond acceptors (Lipinski definition) is 2. The van der Waals surface area contributed by atoms with Crippen molar-refractivity contribution >= 4 is 28.1 Å². The van der Waals surface area contributed by atoms with E-state index in [-0.39, 0.29) is 17.0 Å². The zero-order valence-corrected chi connectivity index (χ0v) is 14.0. The van der Waals surface area contributed by atoms with Crippen LogP contribution < -0.4 is 21.4 Å². The Morgan fingerprint density at radius 1 is 1.21 bits per heavy atom. The third-order valence-electron chi connectivity index (χ3n) is 2.91. The van der Waals surface area contributed by atoms with Crippen molar-refractivity contribution in [1.29, 1.82) is 0 Å². The lowest BCUT2D eigenvalue weighted by Gasteiger charge is -1.98. The second kappa shape index (κ2) is 6.11. The highest BCUT2D eigenvalue weighted by atomic mass is 79.9. The van der Waals surface area contributed by atoms with E-state index in [1.165, 1.54) is 26.8 Å². The molecule has 100 valence electrons. The minimum Gasteiger partial charge on any atom is -1.00 e. The summed E-state index contributed by atoms with van der Waals surface area (Å²) in [4.78, 5) is 5.99. The molecule has 2 aromatic heterocycles. The second-order valence-corrected chi connectivity index (χ2v) is 6.34. The molecule has 19 heavy (non-hydrogen) atoms. The first-order valence-electron chi connectivity index (χ1n) is 5.89. The van der Waals surface area contributed by atoms with Gasteiger partial charge in [-0.1, -0.05) is 29.0 Å². The van der Waals surface area contributed by atoms with E-state index >= 15 is 0 Å². The molecule has 0 radical (unpaired) electrons. The Hall–Kier alpha value is -0.780. The van der Waals surface area contributed by atoms with Crippen molar-refractivity contribution in [2.45, 2.75) is 24.5 Å². The first-order chi connectivity index (χ1) is 8.72. The molecule has 0 unspecified atom stereocenters. The van der Waals surface area contributed by atoms with E-state index < -0.39 is 0 Å². The van der Waals surface area contributed by atoms with E-state index in [9.17, 15) is 0 Å². The molecule has 0 bridgehead atoms. The molecular formula is C14H15BrN2S2. The van der Waals surface area contributed by atoms with Crippen LogP contribution in [0.4, 0.5) is 0 Å².